The van der Waals surface area contributed by atoms with Gasteiger partial charge in [0.2, 0.25) is 0 Å². The van der Waals surface area contributed by atoms with Crippen molar-refractivity contribution in [3.63, 3.8) is 0 Å². The first kappa shape index (κ1) is 28.4. The van der Waals surface area contributed by atoms with Crippen molar-refractivity contribution >= 4 is 86.5 Å². The molecular formula is C46H29N4S-. The molecule has 11 rings (SSSR count). The van der Waals surface area contributed by atoms with Gasteiger partial charge in [-0.2, -0.15) is 0 Å². The number of allylic oxidation sites excluding steroid dienone is 1. The fraction of sp³-hybridized carbons (Fsp3) is 0.0217. The Morgan fingerprint density at radius 3 is 1.98 bits per heavy atom. The van der Waals surface area contributed by atoms with Gasteiger partial charge in [-0.05, 0) is 48.0 Å². The Bertz CT molecular complexity index is 3050. The molecule has 0 amide bonds. The summed E-state index contributed by atoms with van der Waals surface area (Å²) >= 11 is 1.84. The van der Waals surface area contributed by atoms with E-state index in [4.69, 9.17) is 10.3 Å². The van der Waals surface area contributed by atoms with Gasteiger partial charge in [0.25, 0.3) is 0 Å². The molecule has 3 aromatic heterocycles. The lowest BCUT2D eigenvalue weighted by atomic mass is 10.0. The zero-order valence-electron chi connectivity index (χ0n) is 27.4. The molecule has 10 aromatic rings. The Labute approximate surface area is 297 Å². The topological polar surface area (TPSA) is 36.3 Å². The summed E-state index contributed by atoms with van der Waals surface area (Å²) in [5.41, 5.74) is 9.78. The Hall–Kier alpha value is -6.43. The first-order chi connectivity index (χ1) is 25.3. The number of fused-ring (bicyclic) bond motifs is 9. The largest absolute Gasteiger partial charge is 0.646 e. The molecular weight excluding hydrogens is 641 g/mol. The Morgan fingerprint density at radius 2 is 1.16 bits per heavy atom. The maximum atomic E-state index is 5.53. The quantitative estimate of drug-likeness (QED) is 0.179. The van der Waals surface area contributed by atoms with E-state index in [1.165, 1.54) is 47.2 Å². The van der Waals surface area contributed by atoms with E-state index in [2.05, 4.69) is 179 Å². The van der Waals surface area contributed by atoms with Crippen LogP contribution in [0, 0.1) is 0 Å². The van der Waals surface area contributed by atoms with E-state index in [0.29, 0.717) is 0 Å². The highest BCUT2D eigenvalue weighted by atomic mass is 32.1. The molecule has 240 valence electrons. The van der Waals surface area contributed by atoms with Crippen LogP contribution in [0.25, 0.3) is 80.5 Å². The SMILES string of the molecule is C1=C(c2ccccc2)[N-]C(n2c3ccccc3c3cc4c5ccccc5n(-c5ccccc5)c4cc32)N=C1c1cccc2c1sc1ccccc12. The highest BCUT2D eigenvalue weighted by Crippen LogP contribution is 2.44. The number of benzene rings is 7. The molecule has 1 unspecified atom stereocenters. The lowest BCUT2D eigenvalue weighted by molar-refractivity contribution is 0.658. The highest BCUT2D eigenvalue weighted by molar-refractivity contribution is 7.26. The van der Waals surface area contributed by atoms with Gasteiger partial charge >= 0.3 is 0 Å². The second-order valence-corrected chi connectivity index (χ2v) is 14.2. The minimum Gasteiger partial charge on any atom is -0.646 e. The molecule has 0 radical (unpaired) electrons. The molecule has 1 aliphatic rings. The predicted octanol–water partition coefficient (Wildman–Crippen LogP) is 12.6. The average Bonchev–Trinajstić information content (AvgIpc) is 3.85. The molecule has 0 saturated heterocycles. The fourth-order valence-electron chi connectivity index (χ4n) is 8.02. The molecule has 0 saturated carbocycles. The monoisotopic (exact) mass is 669 g/mol. The van der Waals surface area contributed by atoms with Gasteiger partial charge in [0.1, 0.15) is 0 Å². The summed E-state index contributed by atoms with van der Waals surface area (Å²) in [6.07, 6.45) is 1.66. The van der Waals surface area contributed by atoms with E-state index in [9.17, 15) is 0 Å². The minimum absolute atomic E-state index is 0.515. The van der Waals surface area contributed by atoms with Crippen molar-refractivity contribution in [3.8, 4) is 5.69 Å². The number of aliphatic imine (C=N–C) groups is 1. The molecule has 0 spiro atoms. The maximum Gasteiger partial charge on any atom is 0.0655 e. The number of aromatic nitrogens is 2. The summed E-state index contributed by atoms with van der Waals surface area (Å²) in [5, 5.41) is 12.8. The van der Waals surface area contributed by atoms with Crippen LogP contribution in [-0.2, 0) is 0 Å². The first-order valence-electron chi connectivity index (χ1n) is 17.3. The molecule has 5 heteroatoms. The lowest BCUT2D eigenvalue weighted by Gasteiger charge is -2.38. The van der Waals surface area contributed by atoms with Crippen LogP contribution in [0.15, 0.2) is 175 Å². The van der Waals surface area contributed by atoms with Crippen LogP contribution in [0.2, 0.25) is 0 Å². The number of hydrogen-bond acceptors (Lipinski definition) is 2. The number of nitrogens with zero attached hydrogens (tertiary/aromatic N) is 4. The van der Waals surface area contributed by atoms with Crippen molar-refractivity contribution < 1.29 is 0 Å². The van der Waals surface area contributed by atoms with Crippen LogP contribution in [-0.4, -0.2) is 14.8 Å². The summed E-state index contributed by atoms with van der Waals surface area (Å²) < 4.78 is 7.26. The number of hydrogen-bond donors (Lipinski definition) is 0. The van der Waals surface area contributed by atoms with E-state index >= 15 is 0 Å². The second-order valence-electron chi connectivity index (χ2n) is 13.1. The van der Waals surface area contributed by atoms with Crippen LogP contribution in [0.5, 0.6) is 0 Å². The van der Waals surface area contributed by atoms with Gasteiger partial charge in [0, 0.05) is 58.5 Å². The molecule has 0 bridgehead atoms. The minimum atomic E-state index is -0.515. The van der Waals surface area contributed by atoms with Gasteiger partial charge in [-0.1, -0.05) is 127 Å². The molecule has 7 aromatic carbocycles. The Kier molecular flexibility index (Phi) is 6.15. The molecule has 4 heterocycles. The van der Waals surface area contributed by atoms with Crippen LogP contribution in [0.4, 0.5) is 0 Å². The van der Waals surface area contributed by atoms with Crippen molar-refractivity contribution in [2.75, 3.05) is 0 Å². The number of para-hydroxylation sites is 3. The van der Waals surface area contributed by atoms with Gasteiger partial charge < -0.3 is 14.5 Å². The van der Waals surface area contributed by atoms with Gasteiger partial charge in [0.15, 0.2) is 0 Å². The van der Waals surface area contributed by atoms with Gasteiger partial charge in [-0.25, -0.2) is 0 Å². The third-order valence-electron chi connectivity index (χ3n) is 10.3. The van der Waals surface area contributed by atoms with Crippen molar-refractivity contribution in [2.24, 2.45) is 4.99 Å². The summed E-state index contributed by atoms with van der Waals surface area (Å²) in [4.78, 5) is 5.53. The molecule has 51 heavy (non-hydrogen) atoms. The predicted molar refractivity (Wildman–Crippen MR) is 216 cm³/mol. The van der Waals surface area contributed by atoms with Crippen molar-refractivity contribution in [3.05, 3.63) is 186 Å². The maximum absolute atomic E-state index is 5.53. The number of thiophene rings is 1. The van der Waals surface area contributed by atoms with Crippen LogP contribution in [0.1, 0.15) is 17.4 Å². The smallest absolute Gasteiger partial charge is 0.0655 e. The van der Waals surface area contributed by atoms with E-state index < -0.39 is 6.29 Å². The highest BCUT2D eigenvalue weighted by Gasteiger charge is 2.21. The summed E-state index contributed by atoms with van der Waals surface area (Å²) in [5.74, 6) is 0. The van der Waals surface area contributed by atoms with Crippen molar-refractivity contribution in [2.45, 2.75) is 6.29 Å². The first-order valence-corrected chi connectivity index (χ1v) is 18.1. The molecule has 0 N–H and O–H groups in total. The van der Waals surface area contributed by atoms with Crippen LogP contribution < -0.4 is 0 Å². The van der Waals surface area contributed by atoms with E-state index in [0.717, 1.165) is 44.8 Å². The van der Waals surface area contributed by atoms with Crippen LogP contribution in [0.3, 0.4) is 0 Å². The van der Waals surface area contributed by atoms with Crippen molar-refractivity contribution in [1.82, 2.24) is 9.13 Å². The van der Waals surface area contributed by atoms with Gasteiger partial charge in [0.05, 0.1) is 28.6 Å². The second kappa shape index (κ2) is 11.0. The third kappa shape index (κ3) is 4.28. The average molecular weight is 670 g/mol. The van der Waals surface area contributed by atoms with E-state index in [-0.39, 0.29) is 0 Å². The summed E-state index contributed by atoms with van der Waals surface area (Å²) in [6.45, 7) is 0. The lowest BCUT2D eigenvalue weighted by Crippen LogP contribution is -2.14. The standard InChI is InChI=1S/C46H29N4S/c1-3-14-29(15-4-1)38-27-39(35-22-13-21-34-33-20-9-12-25-44(33)51-45(34)35)48-46(47-38)50-41-24-11-8-19-32(41)37-26-36-31-18-7-10-23-40(31)49(42(36)28-43(37)50)30-16-5-2-6-17-30/h1-28,46H/q-1. The van der Waals surface area contributed by atoms with E-state index in [1.807, 2.05) is 11.3 Å². The molecule has 0 fully saturated rings. The molecule has 0 aliphatic carbocycles. The normalized spacial score (nSPS) is 14.9. The fourth-order valence-corrected chi connectivity index (χ4v) is 9.25. The summed E-state index contributed by atoms with van der Waals surface area (Å²) in [6, 6.07) is 58.6. The van der Waals surface area contributed by atoms with Gasteiger partial charge in [-0.3, -0.25) is 4.99 Å². The third-order valence-corrected chi connectivity index (χ3v) is 11.5. The summed E-state index contributed by atoms with van der Waals surface area (Å²) in [7, 11) is 0. The molecule has 1 aliphatic heterocycles. The zero-order chi connectivity index (χ0) is 33.5. The number of rotatable bonds is 4. The molecule has 1 atom stereocenters. The van der Waals surface area contributed by atoms with E-state index in [1.54, 1.807) is 0 Å². The van der Waals surface area contributed by atoms with Crippen molar-refractivity contribution in [1.29, 1.82) is 0 Å². The van der Waals surface area contributed by atoms with Crippen LogP contribution >= 0.6 is 11.3 Å². The van der Waals surface area contributed by atoms with Gasteiger partial charge in [-0.15, -0.1) is 17.0 Å². The zero-order valence-corrected chi connectivity index (χ0v) is 28.3. The molecule has 4 nitrogen and oxygen atoms in total. The Morgan fingerprint density at radius 1 is 0.510 bits per heavy atom. The Balaban J connectivity index is 1.20.